The zero-order valence-corrected chi connectivity index (χ0v) is 16.6. The van der Waals surface area contributed by atoms with Crippen molar-refractivity contribution >= 4 is 34.7 Å². The molecule has 1 saturated heterocycles. The molecule has 0 atom stereocenters. The molecule has 0 saturated carbocycles. The van der Waals surface area contributed by atoms with Crippen LogP contribution in [-0.4, -0.2) is 28.4 Å². The number of rotatable bonds is 6. The van der Waals surface area contributed by atoms with Crippen molar-refractivity contribution in [3.63, 3.8) is 0 Å². The maximum Gasteiger partial charge on any atom is 0.178 e. The quantitative estimate of drug-likeness (QED) is 0.442. The zero-order valence-electron chi connectivity index (χ0n) is 15.8. The summed E-state index contributed by atoms with van der Waals surface area (Å²) in [6, 6.07) is 12.0. The highest BCUT2D eigenvalue weighted by molar-refractivity contribution is 7.71. The van der Waals surface area contributed by atoms with E-state index in [1.54, 1.807) is 12.1 Å². The number of aromatic amines is 1. The number of aromatic nitrogens is 2. The first kappa shape index (κ1) is 18.9. The van der Waals surface area contributed by atoms with Crippen LogP contribution in [0, 0.1) is 10.6 Å². The molecule has 0 amide bonds. The average molecular weight is 398 g/mol. The van der Waals surface area contributed by atoms with E-state index in [9.17, 15) is 9.18 Å². The van der Waals surface area contributed by atoms with Gasteiger partial charge in [0, 0.05) is 31.6 Å². The van der Waals surface area contributed by atoms with Crippen LogP contribution in [0.1, 0.15) is 42.5 Å². The van der Waals surface area contributed by atoms with E-state index >= 15 is 0 Å². The number of H-pyrrole nitrogens is 1. The van der Waals surface area contributed by atoms with Gasteiger partial charge in [-0.15, -0.1) is 0 Å². The molecule has 1 N–H and O–H groups in total. The van der Waals surface area contributed by atoms with E-state index in [0.29, 0.717) is 29.7 Å². The summed E-state index contributed by atoms with van der Waals surface area (Å²) in [5.74, 6) is -0.300. The smallest absolute Gasteiger partial charge is 0.178 e. The van der Waals surface area contributed by atoms with Crippen LogP contribution < -0.4 is 4.90 Å². The normalized spacial score (nSPS) is 14.5. The van der Waals surface area contributed by atoms with Gasteiger partial charge in [-0.1, -0.05) is 6.07 Å². The van der Waals surface area contributed by atoms with E-state index in [0.717, 1.165) is 24.1 Å². The molecule has 1 aromatic heterocycles. The van der Waals surface area contributed by atoms with E-state index in [-0.39, 0.29) is 11.6 Å². The topological polar surface area (TPSA) is 41.0 Å². The number of halogens is 1. The maximum atomic E-state index is 13.0. The summed E-state index contributed by atoms with van der Waals surface area (Å²) in [6.07, 6.45) is 4.84. The fraction of sp³-hybridized carbons (Fsp3) is 0.364. The largest absolute Gasteiger partial charge is 0.370 e. The number of ketones is 1. The number of piperidine rings is 1. The lowest BCUT2D eigenvalue weighted by molar-refractivity contribution is 0.0978. The Bertz CT molecular complexity index is 1030. The Hall–Kier alpha value is -2.47. The number of hydrogen-bond acceptors (Lipinski definition) is 3. The molecule has 1 fully saturated rings. The van der Waals surface area contributed by atoms with Gasteiger partial charge in [0.1, 0.15) is 5.82 Å². The predicted molar refractivity (Wildman–Crippen MR) is 113 cm³/mol. The lowest BCUT2D eigenvalue weighted by Crippen LogP contribution is -2.29. The molecule has 4 rings (SSSR count). The fourth-order valence-corrected chi connectivity index (χ4v) is 4.25. The fourth-order valence-electron chi connectivity index (χ4n) is 3.96. The van der Waals surface area contributed by atoms with Crippen molar-refractivity contribution in [2.75, 3.05) is 18.0 Å². The number of fused-ring (bicyclic) bond motifs is 1. The Morgan fingerprint density at radius 3 is 2.57 bits per heavy atom. The number of aryl methyl sites for hydroxylation is 1. The third kappa shape index (κ3) is 3.87. The summed E-state index contributed by atoms with van der Waals surface area (Å²) in [5, 5.41) is 0. The summed E-state index contributed by atoms with van der Waals surface area (Å²) >= 11 is 5.56. The van der Waals surface area contributed by atoms with Gasteiger partial charge in [-0.2, -0.15) is 0 Å². The van der Waals surface area contributed by atoms with Crippen LogP contribution in [-0.2, 0) is 6.54 Å². The summed E-state index contributed by atoms with van der Waals surface area (Å²) in [4.78, 5) is 18.1. The van der Waals surface area contributed by atoms with E-state index in [1.807, 2.05) is 0 Å². The molecule has 146 valence electrons. The van der Waals surface area contributed by atoms with Crippen molar-refractivity contribution in [3.8, 4) is 0 Å². The molecule has 1 aliphatic rings. The van der Waals surface area contributed by atoms with Gasteiger partial charge in [0.15, 0.2) is 10.6 Å². The van der Waals surface area contributed by atoms with Crippen LogP contribution in [0.5, 0.6) is 0 Å². The minimum Gasteiger partial charge on any atom is -0.370 e. The van der Waals surface area contributed by atoms with Crippen molar-refractivity contribution in [1.82, 2.24) is 9.55 Å². The predicted octanol–water partition coefficient (Wildman–Crippen LogP) is 5.49. The maximum absolute atomic E-state index is 13.0. The number of Topliss-reactive ketones (excluding diaryl/α,β-unsaturated/α-hetero) is 1. The average Bonchev–Trinajstić information content (AvgIpc) is 3.04. The number of anilines is 1. The Labute approximate surface area is 169 Å². The van der Waals surface area contributed by atoms with E-state index in [2.05, 4.69) is 32.7 Å². The highest BCUT2D eigenvalue weighted by Gasteiger charge is 2.16. The van der Waals surface area contributed by atoms with Crippen molar-refractivity contribution in [2.45, 2.75) is 38.6 Å². The van der Waals surface area contributed by atoms with Crippen molar-refractivity contribution in [1.29, 1.82) is 0 Å². The van der Waals surface area contributed by atoms with Gasteiger partial charge >= 0.3 is 0 Å². The van der Waals surface area contributed by atoms with Crippen LogP contribution >= 0.6 is 12.2 Å². The minimum atomic E-state index is -0.328. The molecule has 3 aromatic rings. The molecule has 0 unspecified atom stereocenters. The third-order valence-electron chi connectivity index (χ3n) is 5.44. The van der Waals surface area contributed by atoms with Crippen molar-refractivity contribution < 1.29 is 9.18 Å². The molecule has 0 aliphatic carbocycles. The summed E-state index contributed by atoms with van der Waals surface area (Å²) in [5.41, 5.74) is 3.93. The molecule has 4 nitrogen and oxygen atoms in total. The number of imidazole rings is 1. The number of nitrogens with one attached hydrogen (secondary N) is 1. The number of benzene rings is 2. The van der Waals surface area contributed by atoms with Crippen molar-refractivity contribution in [3.05, 3.63) is 58.6 Å². The second kappa shape index (κ2) is 8.27. The van der Waals surface area contributed by atoms with Gasteiger partial charge in [0.2, 0.25) is 0 Å². The van der Waals surface area contributed by atoms with Crippen LogP contribution in [0.2, 0.25) is 0 Å². The highest BCUT2D eigenvalue weighted by Crippen LogP contribution is 2.28. The van der Waals surface area contributed by atoms with Gasteiger partial charge < -0.3 is 14.5 Å². The molecule has 0 radical (unpaired) electrons. The first-order valence-electron chi connectivity index (χ1n) is 9.89. The molecule has 1 aliphatic heterocycles. The first-order chi connectivity index (χ1) is 13.6. The third-order valence-corrected chi connectivity index (χ3v) is 5.76. The lowest BCUT2D eigenvalue weighted by atomic mass is 10.1. The number of carbonyl (C=O) groups excluding carboxylic acids is 1. The zero-order chi connectivity index (χ0) is 19.5. The standard InChI is InChI=1S/C22H24FN3OS/c23-17-11-9-16(10-12-17)20(27)8-5-15-26-19-7-4-6-18(21(19)24-22(26)28)25-13-2-1-3-14-25/h4,6-7,9-12H,1-3,5,8,13-15H2,(H,24,28). The summed E-state index contributed by atoms with van der Waals surface area (Å²) in [7, 11) is 0. The molecule has 2 aromatic carbocycles. The molecular formula is C22H24FN3OS. The number of hydrogen-bond donors (Lipinski definition) is 1. The Morgan fingerprint density at radius 2 is 1.82 bits per heavy atom. The van der Waals surface area contributed by atoms with Gasteiger partial charge in [-0.25, -0.2) is 4.39 Å². The van der Waals surface area contributed by atoms with Crippen molar-refractivity contribution in [2.24, 2.45) is 0 Å². The number of carbonyl (C=O) groups is 1. The van der Waals surface area contributed by atoms with Gasteiger partial charge in [-0.3, -0.25) is 4.79 Å². The molecule has 6 heteroatoms. The Balaban J connectivity index is 1.49. The Morgan fingerprint density at radius 1 is 1.07 bits per heavy atom. The van der Waals surface area contributed by atoms with E-state index < -0.39 is 0 Å². The van der Waals surface area contributed by atoms with Crippen LogP contribution in [0.4, 0.5) is 10.1 Å². The highest BCUT2D eigenvalue weighted by atomic mass is 32.1. The lowest BCUT2D eigenvalue weighted by Gasteiger charge is -2.29. The SMILES string of the molecule is O=C(CCCn1c(=S)[nH]c2c(N3CCCCC3)cccc21)c1ccc(F)cc1. The minimum absolute atomic E-state index is 0.0281. The summed E-state index contributed by atoms with van der Waals surface area (Å²) in [6.45, 7) is 2.84. The molecule has 0 spiro atoms. The molecule has 28 heavy (non-hydrogen) atoms. The first-order valence-corrected chi connectivity index (χ1v) is 10.3. The van der Waals surface area contributed by atoms with Crippen LogP contribution in [0.15, 0.2) is 42.5 Å². The van der Waals surface area contributed by atoms with E-state index in [4.69, 9.17) is 12.2 Å². The molecule has 2 heterocycles. The van der Waals surface area contributed by atoms with Crippen LogP contribution in [0.25, 0.3) is 11.0 Å². The van der Waals surface area contributed by atoms with Gasteiger partial charge in [0.05, 0.1) is 16.7 Å². The Kier molecular flexibility index (Phi) is 5.57. The number of nitrogens with zero attached hydrogens (tertiary/aromatic N) is 2. The van der Waals surface area contributed by atoms with Gasteiger partial charge in [-0.05, 0) is 74.3 Å². The van der Waals surface area contributed by atoms with Crippen LogP contribution in [0.3, 0.4) is 0 Å². The monoisotopic (exact) mass is 397 g/mol. The molecular weight excluding hydrogens is 373 g/mol. The van der Waals surface area contributed by atoms with Gasteiger partial charge in [0.25, 0.3) is 0 Å². The second-order valence-corrected chi connectivity index (χ2v) is 7.72. The number of para-hydroxylation sites is 1. The summed E-state index contributed by atoms with van der Waals surface area (Å²) < 4.78 is 15.8. The van der Waals surface area contributed by atoms with E-state index in [1.165, 1.54) is 37.1 Å². The second-order valence-electron chi connectivity index (χ2n) is 7.33. The molecule has 0 bridgehead atoms.